The molecule has 0 radical (unpaired) electrons. The number of carbonyl (C=O) groups excluding carboxylic acids is 1. The van der Waals surface area contributed by atoms with Crippen molar-refractivity contribution < 1.29 is 9.18 Å². The van der Waals surface area contributed by atoms with Crippen LogP contribution >= 0.6 is 0 Å². The number of hydrogen-bond donors (Lipinski definition) is 1. The first-order valence-corrected chi connectivity index (χ1v) is 8.98. The zero-order valence-corrected chi connectivity index (χ0v) is 14.6. The third-order valence-corrected chi connectivity index (χ3v) is 5.03. The molecule has 0 bridgehead atoms. The summed E-state index contributed by atoms with van der Waals surface area (Å²) >= 11 is 0. The standard InChI is InChI=1S/C21H25FN2O/c1-24(19-10-6-3-7-11-19)20(16-8-4-2-5-9-16)21(25)23-18-14-12-17(22)13-15-18/h2,4-5,8-9,12-15,19-20H,3,6-7,10-11H2,1H3,(H,23,25)/t20-/m0/s1. The lowest BCUT2D eigenvalue weighted by atomic mass is 9.92. The first kappa shape index (κ1) is 17.6. The van der Waals surface area contributed by atoms with Crippen molar-refractivity contribution in [2.75, 3.05) is 12.4 Å². The predicted molar refractivity (Wildman–Crippen MR) is 98.8 cm³/mol. The molecule has 4 heteroatoms. The molecule has 1 aliphatic rings. The molecular formula is C21H25FN2O. The molecule has 1 N–H and O–H groups in total. The van der Waals surface area contributed by atoms with Crippen LogP contribution in [0.1, 0.15) is 43.7 Å². The fraction of sp³-hybridized carbons (Fsp3) is 0.381. The van der Waals surface area contributed by atoms with Crippen LogP contribution in [0.3, 0.4) is 0 Å². The van der Waals surface area contributed by atoms with Gasteiger partial charge in [-0.3, -0.25) is 9.69 Å². The number of amides is 1. The average molecular weight is 340 g/mol. The summed E-state index contributed by atoms with van der Waals surface area (Å²) < 4.78 is 13.1. The van der Waals surface area contributed by atoms with Crippen molar-refractivity contribution in [3.63, 3.8) is 0 Å². The molecular weight excluding hydrogens is 315 g/mol. The van der Waals surface area contributed by atoms with E-state index < -0.39 is 0 Å². The molecule has 3 nitrogen and oxygen atoms in total. The van der Waals surface area contributed by atoms with Gasteiger partial charge in [-0.15, -0.1) is 0 Å². The molecule has 0 unspecified atom stereocenters. The van der Waals surface area contributed by atoms with Crippen molar-refractivity contribution in [1.29, 1.82) is 0 Å². The molecule has 0 heterocycles. The quantitative estimate of drug-likeness (QED) is 0.850. The first-order valence-electron chi connectivity index (χ1n) is 8.98. The lowest BCUT2D eigenvalue weighted by Crippen LogP contribution is -2.42. The smallest absolute Gasteiger partial charge is 0.246 e. The molecule has 25 heavy (non-hydrogen) atoms. The minimum Gasteiger partial charge on any atom is -0.324 e. The van der Waals surface area contributed by atoms with Crippen molar-refractivity contribution in [2.45, 2.75) is 44.2 Å². The zero-order chi connectivity index (χ0) is 17.6. The van der Waals surface area contributed by atoms with Crippen LogP contribution in [0, 0.1) is 5.82 Å². The number of rotatable bonds is 5. The van der Waals surface area contributed by atoms with E-state index in [4.69, 9.17) is 0 Å². The minimum atomic E-state index is -0.352. The number of nitrogens with zero attached hydrogens (tertiary/aromatic N) is 1. The second-order valence-corrected chi connectivity index (χ2v) is 6.77. The Labute approximate surface area is 148 Å². The van der Waals surface area contributed by atoms with Crippen LogP contribution in [0.2, 0.25) is 0 Å². The highest BCUT2D eigenvalue weighted by Crippen LogP contribution is 2.30. The Kier molecular flexibility index (Phi) is 5.82. The van der Waals surface area contributed by atoms with Gasteiger partial charge in [0.05, 0.1) is 0 Å². The van der Waals surface area contributed by atoms with Gasteiger partial charge in [-0.25, -0.2) is 4.39 Å². The maximum Gasteiger partial charge on any atom is 0.246 e. The average Bonchev–Trinajstić information content (AvgIpc) is 2.65. The summed E-state index contributed by atoms with van der Waals surface area (Å²) in [6.07, 6.45) is 5.97. The predicted octanol–water partition coefficient (Wildman–Crippen LogP) is 4.77. The van der Waals surface area contributed by atoms with Gasteiger partial charge >= 0.3 is 0 Å². The fourth-order valence-electron chi connectivity index (χ4n) is 3.65. The second-order valence-electron chi connectivity index (χ2n) is 6.77. The highest BCUT2D eigenvalue weighted by atomic mass is 19.1. The van der Waals surface area contributed by atoms with Crippen LogP contribution in [0.4, 0.5) is 10.1 Å². The Morgan fingerprint density at radius 1 is 1.04 bits per heavy atom. The number of likely N-dealkylation sites (N-methyl/N-ethyl adjacent to an activating group) is 1. The van der Waals surface area contributed by atoms with Crippen molar-refractivity contribution in [1.82, 2.24) is 4.90 Å². The van der Waals surface area contributed by atoms with Crippen LogP contribution in [-0.4, -0.2) is 23.9 Å². The summed E-state index contributed by atoms with van der Waals surface area (Å²) in [6, 6.07) is 15.8. The first-order chi connectivity index (χ1) is 12.1. The van der Waals surface area contributed by atoms with Gasteiger partial charge in [0.15, 0.2) is 0 Å². The molecule has 2 aromatic carbocycles. The monoisotopic (exact) mass is 340 g/mol. The number of anilines is 1. The Morgan fingerprint density at radius 2 is 1.68 bits per heavy atom. The highest BCUT2D eigenvalue weighted by molar-refractivity contribution is 5.95. The fourth-order valence-corrected chi connectivity index (χ4v) is 3.65. The molecule has 1 atom stereocenters. The molecule has 1 saturated carbocycles. The van der Waals surface area contributed by atoms with Gasteiger partial charge in [0.25, 0.3) is 0 Å². The Hall–Kier alpha value is -2.20. The summed E-state index contributed by atoms with van der Waals surface area (Å²) in [7, 11) is 2.04. The summed E-state index contributed by atoms with van der Waals surface area (Å²) in [5, 5.41) is 2.94. The van der Waals surface area contributed by atoms with Crippen LogP contribution in [0.15, 0.2) is 54.6 Å². The van der Waals surface area contributed by atoms with Crippen LogP contribution in [0.25, 0.3) is 0 Å². The normalized spacial score (nSPS) is 16.6. The molecule has 0 saturated heterocycles. The molecule has 0 aromatic heterocycles. The number of halogens is 1. The van der Waals surface area contributed by atoms with Gasteiger partial charge < -0.3 is 5.32 Å². The van der Waals surface area contributed by atoms with Gasteiger partial charge in [-0.05, 0) is 49.7 Å². The Balaban J connectivity index is 1.82. The summed E-state index contributed by atoms with van der Waals surface area (Å²) in [6.45, 7) is 0. The van der Waals surface area contributed by atoms with Crippen molar-refractivity contribution in [3.05, 3.63) is 66.0 Å². The molecule has 0 spiro atoms. The van der Waals surface area contributed by atoms with E-state index in [-0.39, 0.29) is 17.8 Å². The SMILES string of the molecule is CN(C1CCCCC1)[C@H](C(=O)Nc1ccc(F)cc1)c1ccccc1. The molecule has 1 amide bonds. The third-order valence-electron chi connectivity index (χ3n) is 5.03. The van der Waals surface area contributed by atoms with Crippen LogP contribution in [-0.2, 0) is 4.79 Å². The molecule has 0 aliphatic heterocycles. The largest absolute Gasteiger partial charge is 0.324 e. The van der Waals surface area contributed by atoms with Gasteiger partial charge in [0.2, 0.25) is 5.91 Å². The number of benzene rings is 2. The lowest BCUT2D eigenvalue weighted by Gasteiger charge is -2.36. The number of carbonyl (C=O) groups is 1. The molecule has 132 valence electrons. The van der Waals surface area contributed by atoms with Crippen molar-refractivity contribution in [3.8, 4) is 0 Å². The van der Waals surface area contributed by atoms with E-state index in [0.717, 1.165) is 18.4 Å². The van der Waals surface area contributed by atoms with E-state index in [9.17, 15) is 9.18 Å². The van der Waals surface area contributed by atoms with Crippen molar-refractivity contribution in [2.24, 2.45) is 0 Å². The van der Waals surface area contributed by atoms with E-state index in [1.807, 2.05) is 37.4 Å². The molecule has 2 aromatic rings. The Bertz CT molecular complexity index is 681. The maximum absolute atomic E-state index is 13.1. The van der Waals surface area contributed by atoms with E-state index in [1.165, 1.54) is 31.4 Å². The number of hydrogen-bond acceptors (Lipinski definition) is 2. The van der Waals surface area contributed by atoms with E-state index in [0.29, 0.717) is 11.7 Å². The minimum absolute atomic E-state index is 0.0779. The van der Waals surface area contributed by atoms with E-state index >= 15 is 0 Å². The van der Waals surface area contributed by atoms with Crippen LogP contribution < -0.4 is 5.32 Å². The maximum atomic E-state index is 13.1. The lowest BCUT2D eigenvalue weighted by molar-refractivity contribution is -0.122. The summed E-state index contributed by atoms with van der Waals surface area (Å²) in [4.78, 5) is 15.2. The topological polar surface area (TPSA) is 32.3 Å². The van der Waals surface area contributed by atoms with Gasteiger partial charge in [-0.1, -0.05) is 49.6 Å². The summed E-state index contributed by atoms with van der Waals surface area (Å²) in [5.41, 5.74) is 1.60. The van der Waals surface area contributed by atoms with E-state index in [1.54, 1.807) is 12.1 Å². The van der Waals surface area contributed by atoms with Crippen molar-refractivity contribution >= 4 is 11.6 Å². The van der Waals surface area contributed by atoms with Gasteiger partial charge in [-0.2, -0.15) is 0 Å². The van der Waals surface area contributed by atoms with E-state index in [2.05, 4.69) is 10.2 Å². The highest BCUT2D eigenvalue weighted by Gasteiger charge is 2.30. The molecule has 1 aliphatic carbocycles. The van der Waals surface area contributed by atoms with Gasteiger partial charge in [0, 0.05) is 11.7 Å². The van der Waals surface area contributed by atoms with Gasteiger partial charge in [0.1, 0.15) is 11.9 Å². The summed E-state index contributed by atoms with van der Waals surface area (Å²) in [5.74, 6) is -0.386. The number of nitrogens with one attached hydrogen (secondary N) is 1. The Morgan fingerprint density at radius 3 is 2.32 bits per heavy atom. The molecule has 3 rings (SSSR count). The van der Waals surface area contributed by atoms with Crippen LogP contribution in [0.5, 0.6) is 0 Å². The second kappa shape index (κ2) is 8.26. The molecule has 1 fully saturated rings. The third kappa shape index (κ3) is 4.45. The zero-order valence-electron chi connectivity index (χ0n) is 14.6.